The minimum absolute atomic E-state index is 0.0902. The van der Waals surface area contributed by atoms with E-state index in [4.69, 9.17) is 0 Å². The van der Waals surface area contributed by atoms with Crippen molar-refractivity contribution in [3.63, 3.8) is 0 Å². The highest BCUT2D eigenvalue weighted by Crippen LogP contribution is 2.25. The molecule has 3 aliphatic rings. The van der Waals surface area contributed by atoms with Gasteiger partial charge in [-0.1, -0.05) is 25.7 Å². The fourth-order valence-corrected chi connectivity index (χ4v) is 4.07. The molecule has 5 nitrogen and oxygen atoms in total. The number of amides is 3. The van der Waals surface area contributed by atoms with Crippen LogP contribution in [0.3, 0.4) is 0 Å². The van der Waals surface area contributed by atoms with Gasteiger partial charge in [0.15, 0.2) is 0 Å². The summed E-state index contributed by atoms with van der Waals surface area (Å²) in [7, 11) is 0. The first-order valence-corrected chi connectivity index (χ1v) is 9.08. The maximum absolute atomic E-state index is 12.2. The van der Waals surface area contributed by atoms with Crippen LogP contribution in [0, 0.1) is 5.92 Å². The molecule has 0 spiro atoms. The fourth-order valence-electron chi connectivity index (χ4n) is 4.07. The number of rotatable bonds is 3. The van der Waals surface area contributed by atoms with Crippen LogP contribution in [-0.2, 0) is 4.79 Å². The summed E-state index contributed by atoms with van der Waals surface area (Å²) in [4.78, 5) is 26.3. The van der Waals surface area contributed by atoms with Gasteiger partial charge in [-0.3, -0.25) is 4.79 Å². The van der Waals surface area contributed by atoms with Gasteiger partial charge in [-0.25, -0.2) is 4.79 Å². The predicted octanol–water partition coefficient (Wildman–Crippen LogP) is 2.41. The van der Waals surface area contributed by atoms with Gasteiger partial charge in [0.05, 0.1) is 0 Å². The second-order valence-corrected chi connectivity index (χ2v) is 7.18. The first-order valence-electron chi connectivity index (χ1n) is 9.08. The lowest BCUT2D eigenvalue weighted by atomic mass is 10.0. The van der Waals surface area contributed by atoms with E-state index in [9.17, 15) is 9.59 Å². The molecule has 124 valence electrons. The number of carbonyl (C=O) groups is 2. The molecule has 1 aliphatic heterocycles. The summed E-state index contributed by atoms with van der Waals surface area (Å²) in [5.41, 5.74) is 0. The number of urea groups is 1. The molecule has 3 fully saturated rings. The van der Waals surface area contributed by atoms with Gasteiger partial charge >= 0.3 is 6.03 Å². The zero-order valence-electron chi connectivity index (χ0n) is 13.5. The van der Waals surface area contributed by atoms with E-state index >= 15 is 0 Å². The van der Waals surface area contributed by atoms with Gasteiger partial charge in [0.25, 0.3) is 0 Å². The summed E-state index contributed by atoms with van der Waals surface area (Å²) >= 11 is 0. The lowest BCUT2D eigenvalue weighted by molar-refractivity contribution is -0.125. The van der Waals surface area contributed by atoms with E-state index in [0.29, 0.717) is 6.04 Å². The molecule has 2 aliphatic carbocycles. The zero-order chi connectivity index (χ0) is 15.4. The molecule has 0 unspecified atom stereocenters. The Kier molecular flexibility index (Phi) is 5.21. The van der Waals surface area contributed by atoms with Crippen molar-refractivity contribution in [2.45, 2.75) is 76.3 Å². The van der Waals surface area contributed by atoms with E-state index in [1.54, 1.807) is 0 Å². The minimum Gasteiger partial charge on any atom is -0.353 e. The first-order chi connectivity index (χ1) is 10.7. The molecular formula is C17H29N3O2. The smallest absolute Gasteiger partial charge is 0.317 e. The van der Waals surface area contributed by atoms with Crippen molar-refractivity contribution >= 4 is 11.9 Å². The molecule has 0 aromatic heterocycles. The van der Waals surface area contributed by atoms with Crippen LogP contribution in [0.5, 0.6) is 0 Å². The number of nitrogens with zero attached hydrogens (tertiary/aromatic N) is 1. The molecule has 2 N–H and O–H groups in total. The molecule has 0 bridgehead atoms. The molecule has 0 atom stereocenters. The van der Waals surface area contributed by atoms with Crippen LogP contribution in [0.15, 0.2) is 0 Å². The number of hydrogen-bond acceptors (Lipinski definition) is 2. The summed E-state index contributed by atoms with van der Waals surface area (Å²) in [6.07, 6.45) is 11.0. The predicted molar refractivity (Wildman–Crippen MR) is 85.5 cm³/mol. The molecule has 1 saturated heterocycles. The zero-order valence-corrected chi connectivity index (χ0v) is 13.5. The fraction of sp³-hybridized carbons (Fsp3) is 0.882. The largest absolute Gasteiger partial charge is 0.353 e. The van der Waals surface area contributed by atoms with Gasteiger partial charge in [-0.2, -0.15) is 0 Å². The summed E-state index contributed by atoms with van der Waals surface area (Å²) in [6, 6.07) is 0.725. The summed E-state index contributed by atoms with van der Waals surface area (Å²) in [6.45, 7) is 1.52. The highest BCUT2D eigenvalue weighted by molar-refractivity contribution is 5.79. The third kappa shape index (κ3) is 3.93. The quantitative estimate of drug-likeness (QED) is 0.841. The van der Waals surface area contributed by atoms with Gasteiger partial charge in [-0.05, 0) is 38.5 Å². The third-order valence-electron chi connectivity index (χ3n) is 5.54. The lowest BCUT2D eigenvalue weighted by Crippen LogP contribution is -2.51. The minimum atomic E-state index is 0.0902. The number of nitrogens with one attached hydrogen (secondary N) is 2. The summed E-state index contributed by atoms with van der Waals surface area (Å²) in [5, 5.41) is 6.34. The van der Waals surface area contributed by atoms with Gasteiger partial charge in [-0.15, -0.1) is 0 Å². The molecular weight excluding hydrogens is 278 g/mol. The second kappa shape index (κ2) is 7.34. The van der Waals surface area contributed by atoms with E-state index in [2.05, 4.69) is 10.6 Å². The highest BCUT2D eigenvalue weighted by Gasteiger charge is 2.28. The van der Waals surface area contributed by atoms with Crippen LogP contribution in [-0.4, -0.2) is 42.0 Å². The Morgan fingerprint density at radius 1 is 0.727 bits per heavy atom. The summed E-state index contributed by atoms with van der Waals surface area (Å²) in [5.74, 6) is 0.482. The third-order valence-corrected chi connectivity index (χ3v) is 5.54. The number of piperidine rings is 1. The first kappa shape index (κ1) is 15.6. The molecule has 5 heteroatoms. The van der Waals surface area contributed by atoms with Crippen LogP contribution in [0.1, 0.15) is 64.2 Å². The second-order valence-electron chi connectivity index (χ2n) is 7.18. The van der Waals surface area contributed by atoms with Crippen molar-refractivity contribution in [1.29, 1.82) is 0 Å². The van der Waals surface area contributed by atoms with E-state index in [1.165, 1.54) is 25.7 Å². The highest BCUT2D eigenvalue weighted by atomic mass is 16.2. The molecule has 2 saturated carbocycles. The Balaban J connectivity index is 1.38. The molecule has 0 aromatic rings. The lowest BCUT2D eigenvalue weighted by Gasteiger charge is -2.33. The van der Waals surface area contributed by atoms with Crippen LogP contribution in [0.4, 0.5) is 4.79 Å². The van der Waals surface area contributed by atoms with Gasteiger partial charge < -0.3 is 15.5 Å². The average molecular weight is 307 g/mol. The van der Waals surface area contributed by atoms with Crippen molar-refractivity contribution in [3.8, 4) is 0 Å². The van der Waals surface area contributed by atoms with Gasteiger partial charge in [0, 0.05) is 31.1 Å². The van der Waals surface area contributed by atoms with E-state index in [0.717, 1.165) is 51.6 Å². The Morgan fingerprint density at radius 2 is 1.27 bits per heavy atom. The molecule has 3 amide bonds. The molecule has 3 rings (SSSR count). The van der Waals surface area contributed by atoms with Gasteiger partial charge in [0.2, 0.25) is 5.91 Å². The Bertz CT molecular complexity index is 393. The van der Waals surface area contributed by atoms with Crippen molar-refractivity contribution in [2.24, 2.45) is 5.92 Å². The topological polar surface area (TPSA) is 61.4 Å². The molecule has 0 aromatic carbocycles. The maximum Gasteiger partial charge on any atom is 0.317 e. The van der Waals surface area contributed by atoms with Crippen molar-refractivity contribution in [3.05, 3.63) is 0 Å². The normalized spacial score (nSPS) is 24.6. The van der Waals surface area contributed by atoms with Gasteiger partial charge in [0.1, 0.15) is 0 Å². The van der Waals surface area contributed by atoms with Crippen LogP contribution in [0.2, 0.25) is 0 Å². The van der Waals surface area contributed by atoms with Crippen molar-refractivity contribution in [1.82, 2.24) is 15.5 Å². The van der Waals surface area contributed by atoms with E-state index < -0.39 is 0 Å². The van der Waals surface area contributed by atoms with Crippen LogP contribution >= 0.6 is 0 Å². The van der Waals surface area contributed by atoms with E-state index in [-0.39, 0.29) is 23.9 Å². The van der Waals surface area contributed by atoms with Crippen LogP contribution in [0.25, 0.3) is 0 Å². The Labute approximate surface area is 133 Å². The maximum atomic E-state index is 12.2. The van der Waals surface area contributed by atoms with Crippen molar-refractivity contribution < 1.29 is 9.59 Å². The summed E-state index contributed by atoms with van der Waals surface area (Å²) < 4.78 is 0. The average Bonchev–Trinajstić information content (AvgIpc) is 3.21. The number of likely N-dealkylation sites (tertiary alicyclic amines) is 1. The Hall–Kier alpha value is -1.26. The number of hydrogen-bond donors (Lipinski definition) is 2. The SMILES string of the molecule is O=C(NC1CCN(C(=O)NC2CCCC2)CC1)C1CCCC1. The van der Waals surface area contributed by atoms with Crippen LogP contribution < -0.4 is 10.6 Å². The molecule has 1 heterocycles. The number of carbonyl (C=O) groups excluding carboxylic acids is 2. The van der Waals surface area contributed by atoms with E-state index in [1.807, 2.05) is 4.90 Å². The Morgan fingerprint density at radius 3 is 1.91 bits per heavy atom. The molecule has 22 heavy (non-hydrogen) atoms. The standard InChI is InChI=1S/C17H29N3O2/c21-16(13-5-1-2-6-13)18-15-9-11-20(12-10-15)17(22)19-14-7-3-4-8-14/h13-15H,1-12H2,(H,18,21)(H,19,22). The molecule has 0 radical (unpaired) electrons. The van der Waals surface area contributed by atoms with Crippen molar-refractivity contribution in [2.75, 3.05) is 13.1 Å². The monoisotopic (exact) mass is 307 g/mol.